The number of benzene rings is 2. The summed E-state index contributed by atoms with van der Waals surface area (Å²) in [6.07, 6.45) is 0. The highest BCUT2D eigenvalue weighted by molar-refractivity contribution is 9.10. The molecule has 2 nitrogen and oxygen atoms in total. The zero-order valence-corrected chi connectivity index (χ0v) is 11.0. The van der Waals surface area contributed by atoms with Crippen molar-refractivity contribution in [1.29, 1.82) is 0 Å². The van der Waals surface area contributed by atoms with Gasteiger partial charge in [-0.3, -0.25) is 0 Å². The van der Waals surface area contributed by atoms with Crippen molar-refractivity contribution in [3.63, 3.8) is 0 Å². The fourth-order valence-electron chi connectivity index (χ4n) is 1.37. The summed E-state index contributed by atoms with van der Waals surface area (Å²) in [4.78, 5) is 5.33. The predicted octanol–water partition coefficient (Wildman–Crippen LogP) is 4.25. The number of oxime groups is 1. The van der Waals surface area contributed by atoms with Crippen LogP contribution in [0.4, 0.5) is 0 Å². The van der Waals surface area contributed by atoms with Crippen LogP contribution in [0.5, 0.6) is 5.75 Å². The maximum absolute atomic E-state index is 5.33. The first-order valence-electron chi connectivity index (χ1n) is 5.28. The van der Waals surface area contributed by atoms with Gasteiger partial charge in [-0.25, -0.2) is 0 Å². The molecule has 0 heterocycles. The molecule has 0 saturated heterocycles. The van der Waals surface area contributed by atoms with Gasteiger partial charge in [0.15, 0.2) is 5.75 Å². The zero-order chi connectivity index (χ0) is 12.1. The van der Waals surface area contributed by atoms with Gasteiger partial charge in [0, 0.05) is 10.0 Å². The summed E-state index contributed by atoms with van der Waals surface area (Å²) in [5.41, 5.74) is 1.88. The third-order valence-corrected chi connectivity index (χ3v) is 2.77. The Morgan fingerprint density at radius 2 is 1.82 bits per heavy atom. The van der Waals surface area contributed by atoms with Crippen LogP contribution in [0.25, 0.3) is 0 Å². The SMILES string of the molecule is C/C(=N\Oc1ccccc1)c1cccc(Br)c1. The Labute approximate surface area is 109 Å². The molecule has 0 aromatic heterocycles. The van der Waals surface area contributed by atoms with Gasteiger partial charge in [0.25, 0.3) is 0 Å². The molecule has 0 atom stereocenters. The molecule has 3 heteroatoms. The van der Waals surface area contributed by atoms with Crippen LogP contribution in [-0.4, -0.2) is 5.71 Å². The highest BCUT2D eigenvalue weighted by Gasteiger charge is 1.99. The van der Waals surface area contributed by atoms with Crippen molar-refractivity contribution < 1.29 is 4.84 Å². The van der Waals surface area contributed by atoms with Gasteiger partial charge in [0.2, 0.25) is 0 Å². The van der Waals surface area contributed by atoms with Gasteiger partial charge in [-0.1, -0.05) is 51.4 Å². The second-order valence-electron chi connectivity index (χ2n) is 3.59. The Bertz CT molecular complexity index is 523. The molecule has 2 aromatic carbocycles. The summed E-state index contributed by atoms with van der Waals surface area (Å²) in [5.74, 6) is 0.738. The van der Waals surface area contributed by atoms with Crippen molar-refractivity contribution in [1.82, 2.24) is 0 Å². The van der Waals surface area contributed by atoms with E-state index in [1.54, 1.807) is 0 Å². The molecule has 0 bridgehead atoms. The molecule has 0 unspecified atom stereocenters. The summed E-state index contributed by atoms with van der Waals surface area (Å²) < 4.78 is 1.03. The number of rotatable bonds is 3. The minimum Gasteiger partial charge on any atom is -0.357 e. The minimum atomic E-state index is 0.738. The molecule has 0 saturated carbocycles. The Hall–Kier alpha value is -1.61. The molecule has 2 aromatic rings. The van der Waals surface area contributed by atoms with Gasteiger partial charge in [-0.15, -0.1) is 0 Å². The third-order valence-electron chi connectivity index (χ3n) is 2.27. The van der Waals surface area contributed by atoms with Crippen LogP contribution in [0.3, 0.4) is 0 Å². The lowest BCUT2D eigenvalue weighted by atomic mass is 10.1. The molecule has 0 aliphatic carbocycles. The van der Waals surface area contributed by atoms with Crippen LogP contribution in [0.1, 0.15) is 12.5 Å². The second-order valence-corrected chi connectivity index (χ2v) is 4.51. The highest BCUT2D eigenvalue weighted by Crippen LogP contribution is 2.13. The average molecular weight is 290 g/mol. The van der Waals surface area contributed by atoms with E-state index in [2.05, 4.69) is 21.1 Å². The van der Waals surface area contributed by atoms with E-state index >= 15 is 0 Å². The van der Waals surface area contributed by atoms with Crippen LogP contribution in [0.15, 0.2) is 64.2 Å². The topological polar surface area (TPSA) is 21.6 Å². The molecule has 0 N–H and O–H groups in total. The Kier molecular flexibility index (Phi) is 3.94. The van der Waals surface area contributed by atoms with E-state index in [1.807, 2.05) is 61.5 Å². The molecule has 86 valence electrons. The first-order valence-corrected chi connectivity index (χ1v) is 6.07. The summed E-state index contributed by atoms with van der Waals surface area (Å²) in [7, 11) is 0. The van der Waals surface area contributed by atoms with Crippen molar-refractivity contribution in [2.24, 2.45) is 5.16 Å². The van der Waals surface area contributed by atoms with Crippen LogP contribution in [0, 0.1) is 0 Å². The number of para-hydroxylation sites is 1. The van der Waals surface area contributed by atoms with E-state index in [0.717, 1.165) is 21.5 Å². The highest BCUT2D eigenvalue weighted by atomic mass is 79.9. The molecule has 2 rings (SSSR count). The minimum absolute atomic E-state index is 0.738. The standard InChI is InChI=1S/C14H12BrNO/c1-11(12-6-5-7-13(15)10-12)16-17-14-8-3-2-4-9-14/h2-10H,1H3/b16-11+. The summed E-state index contributed by atoms with van der Waals surface area (Å²) >= 11 is 3.43. The summed E-state index contributed by atoms with van der Waals surface area (Å²) in [6, 6.07) is 17.5. The van der Waals surface area contributed by atoms with E-state index in [1.165, 1.54) is 0 Å². The van der Waals surface area contributed by atoms with Crippen molar-refractivity contribution in [2.45, 2.75) is 6.92 Å². The van der Waals surface area contributed by atoms with Crippen LogP contribution >= 0.6 is 15.9 Å². The quantitative estimate of drug-likeness (QED) is 0.611. The van der Waals surface area contributed by atoms with Crippen molar-refractivity contribution in [3.8, 4) is 5.75 Å². The third kappa shape index (κ3) is 3.43. The molecule has 0 aliphatic heterocycles. The lowest BCUT2D eigenvalue weighted by Gasteiger charge is -2.02. The molecule has 0 spiro atoms. The van der Waals surface area contributed by atoms with E-state index in [4.69, 9.17) is 4.84 Å². The molecule has 0 aliphatic rings. The smallest absolute Gasteiger partial charge is 0.157 e. The van der Waals surface area contributed by atoms with E-state index < -0.39 is 0 Å². The van der Waals surface area contributed by atoms with Crippen LogP contribution < -0.4 is 4.84 Å². The largest absolute Gasteiger partial charge is 0.357 e. The molecule has 0 amide bonds. The van der Waals surface area contributed by atoms with Crippen LogP contribution in [0.2, 0.25) is 0 Å². The van der Waals surface area contributed by atoms with Gasteiger partial charge in [0.1, 0.15) is 0 Å². The number of halogens is 1. The van der Waals surface area contributed by atoms with E-state index in [0.29, 0.717) is 0 Å². The fraction of sp³-hybridized carbons (Fsp3) is 0.0714. The summed E-state index contributed by atoms with van der Waals surface area (Å²) in [5, 5.41) is 4.10. The molecular formula is C14H12BrNO. The molecule has 0 radical (unpaired) electrons. The maximum Gasteiger partial charge on any atom is 0.157 e. The predicted molar refractivity (Wildman–Crippen MR) is 73.4 cm³/mol. The Balaban J connectivity index is 2.12. The van der Waals surface area contributed by atoms with Gasteiger partial charge in [0.05, 0.1) is 5.71 Å². The number of hydrogen-bond donors (Lipinski definition) is 0. The van der Waals surface area contributed by atoms with Gasteiger partial charge in [-0.2, -0.15) is 0 Å². The monoisotopic (exact) mass is 289 g/mol. The maximum atomic E-state index is 5.33. The van der Waals surface area contributed by atoms with Crippen LogP contribution in [-0.2, 0) is 0 Å². The lowest BCUT2D eigenvalue weighted by Crippen LogP contribution is -1.97. The van der Waals surface area contributed by atoms with Gasteiger partial charge in [-0.05, 0) is 31.2 Å². The molecule has 0 fully saturated rings. The average Bonchev–Trinajstić information content (AvgIpc) is 2.37. The lowest BCUT2D eigenvalue weighted by molar-refractivity contribution is 0.341. The van der Waals surface area contributed by atoms with Crippen molar-refractivity contribution >= 4 is 21.6 Å². The second kappa shape index (κ2) is 5.64. The molecular weight excluding hydrogens is 278 g/mol. The van der Waals surface area contributed by atoms with Crippen molar-refractivity contribution in [3.05, 3.63) is 64.6 Å². The summed E-state index contributed by atoms with van der Waals surface area (Å²) in [6.45, 7) is 1.92. The van der Waals surface area contributed by atoms with E-state index in [9.17, 15) is 0 Å². The first-order chi connectivity index (χ1) is 8.25. The Morgan fingerprint density at radius 1 is 1.06 bits per heavy atom. The number of hydrogen-bond acceptors (Lipinski definition) is 2. The van der Waals surface area contributed by atoms with Gasteiger partial charge >= 0.3 is 0 Å². The zero-order valence-electron chi connectivity index (χ0n) is 9.43. The first kappa shape index (κ1) is 11.9. The van der Waals surface area contributed by atoms with E-state index in [-0.39, 0.29) is 0 Å². The molecule has 17 heavy (non-hydrogen) atoms. The fourth-order valence-corrected chi connectivity index (χ4v) is 1.77. The normalized spacial score (nSPS) is 11.3. The van der Waals surface area contributed by atoms with Gasteiger partial charge < -0.3 is 4.84 Å². The number of nitrogens with zero attached hydrogens (tertiary/aromatic N) is 1. The van der Waals surface area contributed by atoms with Crippen molar-refractivity contribution in [2.75, 3.05) is 0 Å². The Morgan fingerprint density at radius 3 is 2.53 bits per heavy atom.